The SMILES string of the molecule is C[C@H](NC(=O)c1cn(Cc2ccccc2)nc1-c1cccnc1)c1ccc2c(c1)OCCO2. The van der Waals surface area contributed by atoms with Gasteiger partial charge in [-0.1, -0.05) is 36.4 Å². The summed E-state index contributed by atoms with van der Waals surface area (Å²) in [6.07, 6.45) is 5.21. The van der Waals surface area contributed by atoms with Gasteiger partial charge in [0.1, 0.15) is 18.9 Å². The molecule has 0 fully saturated rings. The lowest BCUT2D eigenvalue weighted by molar-refractivity contribution is 0.0940. The first-order chi connectivity index (χ1) is 16.2. The predicted molar refractivity (Wildman–Crippen MR) is 124 cm³/mol. The van der Waals surface area contributed by atoms with Crippen molar-refractivity contribution in [2.45, 2.75) is 19.5 Å². The van der Waals surface area contributed by atoms with Crippen molar-refractivity contribution in [3.63, 3.8) is 0 Å². The molecule has 7 nitrogen and oxygen atoms in total. The molecular formula is C26H24N4O3. The normalized spacial score (nSPS) is 13.4. The first-order valence-corrected chi connectivity index (χ1v) is 10.9. The number of rotatable bonds is 6. The Hall–Kier alpha value is -4.13. The number of carbonyl (C=O) groups is 1. The second-order valence-electron chi connectivity index (χ2n) is 7.91. The zero-order valence-corrected chi connectivity index (χ0v) is 18.3. The topological polar surface area (TPSA) is 78.3 Å². The molecule has 7 heteroatoms. The molecule has 1 aliphatic rings. The van der Waals surface area contributed by atoms with Crippen molar-refractivity contribution in [3.05, 3.63) is 95.9 Å². The molecule has 0 unspecified atom stereocenters. The van der Waals surface area contributed by atoms with E-state index in [2.05, 4.69) is 10.3 Å². The number of carbonyl (C=O) groups excluding carboxylic acids is 1. The Balaban J connectivity index is 1.41. The van der Waals surface area contributed by atoms with Crippen LogP contribution in [0.5, 0.6) is 11.5 Å². The van der Waals surface area contributed by atoms with Gasteiger partial charge in [0.15, 0.2) is 11.5 Å². The van der Waals surface area contributed by atoms with Gasteiger partial charge in [0, 0.05) is 24.2 Å². The number of hydrogen-bond acceptors (Lipinski definition) is 5. The van der Waals surface area contributed by atoms with Crippen LogP contribution < -0.4 is 14.8 Å². The van der Waals surface area contributed by atoms with Crippen LogP contribution in [-0.2, 0) is 6.54 Å². The third kappa shape index (κ3) is 4.57. The number of amides is 1. The molecule has 0 bridgehead atoms. The molecule has 2 aromatic carbocycles. The van der Waals surface area contributed by atoms with Gasteiger partial charge in [-0.2, -0.15) is 5.10 Å². The number of benzene rings is 2. The van der Waals surface area contributed by atoms with E-state index in [0.717, 1.165) is 22.4 Å². The van der Waals surface area contributed by atoms with E-state index in [0.29, 0.717) is 36.8 Å². The number of ether oxygens (including phenoxy) is 2. The molecule has 4 aromatic rings. The summed E-state index contributed by atoms with van der Waals surface area (Å²) in [6.45, 7) is 3.58. The highest BCUT2D eigenvalue weighted by Crippen LogP contribution is 2.33. The molecule has 0 aliphatic carbocycles. The molecule has 166 valence electrons. The molecule has 3 heterocycles. The van der Waals surface area contributed by atoms with Crippen LogP contribution in [0.4, 0.5) is 0 Å². The molecule has 5 rings (SSSR count). The first-order valence-electron chi connectivity index (χ1n) is 10.9. The van der Waals surface area contributed by atoms with Crippen LogP contribution in [0.1, 0.15) is 34.5 Å². The molecule has 1 amide bonds. The summed E-state index contributed by atoms with van der Waals surface area (Å²) in [5.41, 5.74) is 3.94. The van der Waals surface area contributed by atoms with Gasteiger partial charge in [0.05, 0.1) is 18.2 Å². The molecule has 1 N–H and O–H groups in total. The van der Waals surface area contributed by atoms with Crippen LogP contribution in [0.2, 0.25) is 0 Å². The van der Waals surface area contributed by atoms with Crippen LogP contribution in [0.15, 0.2) is 79.3 Å². The maximum absolute atomic E-state index is 13.3. The molecule has 0 spiro atoms. The third-order valence-electron chi connectivity index (χ3n) is 5.54. The quantitative estimate of drug-likeness (QED) is 0.485. The van der Waals surface area contributed by atoms with E-state index in [4.69, 9.17) is 14.6 Å². The Morgan fingerprint density at radius 3 is 2.67 bits per heavy atom. The number of aromatic nitrogens is 3. The Bertz CT molecular complexity index is 1260. The Morgan fingerprint density at radius 2 is 1.88 bits per heavy atom. The zero-order valence-electron chi connectivity index (χ0n) is 18.3. The molecule has 1 aliphatic heterocycles. The summed E-state index contributed by atoms with van der Waals surface area (Å²) < 4.78 is 13.1. The average molecular weight is 441 g/mol. The van der Waals surface area contributed by atoms with Gasteiger partial charge >= 0.3 is 0 Å². The van der Waals surface area contributed by atoms with Crippen LogP contribution in [0, 0.1) is 0 Å². The zero-order chi connectivity index (χ0) is 22.6. The molecule has 0 saturated carbocycles. The molecule has 33 heavy (non-hydrogen) atoms. The van der Waals surface area contributed by atoms with Crippen LogP contribution in [0.3, 0.4) is 0 Å². The smallest absolute Gasteiger partial charge is 0.255 e. The Labute approximate surface area is 192 Å². The van der Waals surface area contributed by atoms with E-state index in [1.54, 1.807) is 23.3 Å². The van der Waals surface area contributed by atoms with Crippen LogP contribution in [0.25, 0.3) is 11.3 Å². The van der Waals surface area contributed by atoms with E-state index in [1.165, 1.54) is 0 Å². The van der Waals surface area contributed by atoms with Gasteiger partial charge in [-0.25, -0.2) is 0 Å². The summed E-state index contributed by atoms with van der Waals surface area (Å²) >= 11 is 0. The second kappa shape index (κ2) is 9.16. The summed E-state index contributed by atoms with van der Waals surface area (Å²) in [5, 5.41) is 7.81. The van der Waals surface area contributed by atoms with E-state index in [-0.39, 0.29) is 11.9 Å². The molecule has 0 saturated heterocycles. The number of nitrogens with zero attached hydrogens (tertiary/aromatic N) is 3. The van der Waals surface area contributed by atoms with E-state index >= 15 is 0 Å². The summed E-state index contributed by atoms with van der Waals surface area (Å²) in [5.74, 6) is 1.23. The van der Waals surface area contributed by atoms with Crippen molar-refractivity contribution in [1.82, 2.24) is 20.1 Å². The highest BCUT2D eigenvalue weighted by atomic mass is 16.6. The monoisotopic (exact) mass is 440 g/mol. The average Bonchev–Trinajstić information content (AvgIpc) is 3.29. The highest BCUT2D eigenvalue weighted by Gasteiger charge is 2.21. The van der Waals surface area contributed by atoms with Crippen molar-refractivity contribution in [2.24, 2.45) is 0 Å². The van der Waals surface area contributed by atoms with E-state index in [9.17, 15) is 4.79 Å². The number of hydrogen-bond donors (Lipinski definition) is 1. The van der Waals surface area contributed by atoms with E-state index in [1.807, 2.05) is 67.6 Å². The fourth-order valence-corrected chi connectivity index (χ4v) is 3.84. The van der Waals surface area contributed by atoms with Crippen LogP contribution >= 0.6 is 0 Å². The minimum atomic E-state index is -0.229. The van der Waals surface area contributed by atoms with Gasteiger partial charge in [0.2, 0.25) is 0 Å². The van der Waals surface area contributed by atoms with Gasteiger partial charge in [-0.05, 0) is 42.3 Å². The maximum Gasteiger partial charge on any atom is 0.255 e. The number of fused-ring (bicyclic) bond motifs is 1. The number of pyridine rings is 1. The highest BCUT2D eigenvalue weighted by molar-refractivity contribution is 6.00. The van der Waals surface area contributed by atoms with Crippen molar-refractivity contribution in [1.29, 1.82) is 0 Å². The first kappa shape index (κ1) is 20.8. The number of nitrogens with one attached hydrogen (secondary N) is 1. The van der Waals surface area contributed by atoms with Gasteiger partial charge in [-0.15, -0.1) is 0 Å². The van der Waals surface area contributed by atoms with Crippen molar-refractivity contribution < 1.29 is 14.3 Å². The molecular weight excluding hydrogens is 416 g/mol. The summed E-state index contributed by atoms with van der Waals surface area (Å²) in [4.78, 5) is 17.5. The lowest BCUT2D eigenvalue weighted by atomic mass is 10.1. The largest absolute Gasteiger partial charge is 0.486 e. The fraction of sp³-hybridized carbons (Fsp3) is 0.192. The molecule has 1 atom stereocenters. The van der Waals surface area contributed by atoms with E-state index < -0.39 is 0 Å². The van der Waals surface area contributed by atoms with Crippen LogP contribution in [-0.4, -0.2) is 33.9 Å². The lowest BCUT2D eigenvalue weighted by Gasteiger charge is -2.21. The van der Waals surface area contributed by atoms with Gasteiger partial charge < -0.3 is 14.8 Å². The van der Waals surface area contributed by atoms with Crippen molar-refractivity contribution >= 4 is 5.91 Å². The third-order valence-corrected chi connectivity index (χ3v) is 5.54. The Kier molecular flexibility index (Phi) is 5.76. The second-order valence-corrected chi connectivity index (χ2v) is 7.91. The lowest BCUT2D eigenvalue weighted by Crippen LogP contribution is -2.27. The summed E-state index contributed by atoms with van der Waals surface area (Å²) in [7, 11) is 0. The predicted octanol–water partition coefficient (Wildman–Crippen LogP) is 4.26. The van der Waals surface area contributed by atoms with Gasteiger partial charge in [-0.3, -0.25) is 14.5 Å². The minimum Gasteiger partial charge on any atom is -0.486 e. The molecule has 0 radical (unpaired) electrons. The van der Waals surface area contributed by atoms with Gasteiger partial charge in [0.25, 0.3) is 5.91 Å². The minimum absolute atomic E-state index is 0.199. The molecule has 2 aromatic heterocycles. The fourth-order valence-electron chi connectivity index (χ4n) is 3.84. The maximum atomic E-state index is 13.3. The summed E-state index contributed by atoms with van der Waals surface area (Å²) in [6, 6.07) is 19.3. The Morgan fingerprint density at radius 1 is 1.06 bits per heavy atom. The standard InChI is InChI=1S/C26H24N4O3/c1-18(20-9-10-23-24(14-20)33-13-12-32-23)28-26(31)22-17-30(16-19-6-3-2-4-7-19)29-25(22)21-8-5-11-27-15-21/h2-11,14-15,17-18H,12-13,16H2,1H3,(H,28,31)/t18-/m0/s1. The van der Waals surface area contributed by atoms with Crippen molar-refractivity contribution in [3.8, 4) is 22.8 Å². The van der Waals surface area contributed by atoms with Crippen molar-refractivity contribution in [2.75, 3.05) is 13.2 Å².